The summed E-state index contributed by atoms with van der Waals surface area (Å²) < 4.78 is 6.69. The Morgan fingerprint density at radius 1 is 1.36 bits per heavy atom. The van der Waals surface area contributed by atoms with Gasteiger partial charge in [-0.05, 0) is 38.0 Å². The highest BCUT2D eigenvalue weighted by atomic mass is 32.1. The van der Waals surface area contributed by atoms with Gasteiger partial charge in [0.15, 0.2) is 5.13 Å². The molecule has 1 amide bonds. The number of thiazole rings is 1. The minimum absolute atomic E-state index is 0.245. The van der Waals surface area contributed by atoms with Gasteiger partial charge in [-0.15, -0.1) is 0 Å². The van der Waals surface area contributed by atoms with Gasteiger partial charge in [-0.3, -0.25) is 4.79 Å². The molecular weight excluding hydrogens is 334 g/mol. The molecule has 0 atom stereocenters. The van der Waals surface area contributed by atoms with Gasteiger partial charge >= 0.3 is 0 Å². The van der Waals surface area contributed by atoms with Crippen molar-refractivity contribution in [3.63, 3.8) is 0 Å². The first kappa shape index (κ1) is 18.0. The number of hydrogen-bond donors (Lipinski definition) is 1. The van der Waals surface area contributed by atoms with Gasteiger partial charge < -0.3 is 15.0 Å². The maximum atomic E-state index is 12.4. The first-order valence-corrected chi connectivity index (χ1v) is 9.78. The molecule has 1 fully saturated rings. The van der Waals surface area contributed by atoms with Crippen molar-refractivity contribution in [1.29, 1.82) is 0 Å². The van der Waals surface area contributed by atoms with E-state index in [-0.39, 0.29) is 11.3 Å². The number of benzene rings is 1. The van der Waals surface area contributed by atoms with Crippen LogP contribution in [0, 0.1) is 5.41 Å². The Balaban J connectivity index is 1.60. The molecule has 6 heteroatoms. The van der Waals surface area contributed by atoms with Crippen LogP contribution in [0.1, 0.15) is 40.5 Å². The Hall–Kier alpha value is -1.82. The Morgan fingerprint density at radius 2 is 2.08 bits per heavy atom. The highest BCUT2D eigenvalue weighted by Gasteiger charge is 2.30. The molecular formula is C19H27N3O2S. The molecule has 1 aliphatic rings. The third kappa shape index (κ3) is 4.24. The summed E-state index contributed by atoms with van der Waals surface area (Å²) in [4.78, 5) is 19.0. The highest BCUT2D eigenvalue weighted by molar-refractivity contribution is 7.22. The largest absolute Gasteiger partial charge is 0.494 e. The number of aromatic nitrogens is 1. The van der Waals surface area contributed by atoms with Crippen molar-refractivity contribution in [2.24, 2.45) is 5.41 Å². The molecule has 0 unspecified atom stereocenters. The monoisotopic (exact) mass is 361 g/mol. The fourth-order valence-corrected chi connectivity index (χ4v) is 4.07. The summed E-state index contributed by atoms with van der Waals surface area (Å²) in [6.07, 6.45) is 1.92. The lowest BCUT2D eigenvalue weighted by atomic mass is 9.93. The van der Waals surface area contributed by atoms with Crippen LogP contribution in [0.25, 0.3) is 10.2 Å². The van der Waals surface area contributed by atoms with Crippen LogP contribution >= 0.6 is 11.3 Å². The summed E-state index contributed by atoms with van der Waals surface area (Å²) in [5.74, 6) is 1.13. The third-order valence-corrected chi connectivity index (χ3v) is 5.37. The molecule has 1 saturated heterocycles. The summed E-state index contributed by atoms with van der Waals surface area (Å²) in [6.45, 7) is 10.2. The number of fused-ring (bicyclic) bond motifs is 1. The maximum absolute atomic E-state index is 12.4. The molecule has 0 saturated carbocycles. The molecule has 0 radical (unpaired) electrons. The van der Waals surface area contributed by atoms with E-state index in [9.17, 15) is 4.79 Å². The van der Waals surface area contributed by atoms with E-state index in [0.29, 0.717) is 12.6 Å². The summed E-state index contributed by atoms with van der Waals surface area (Å²) in [5.41, 5.74) is 0.697. The number of amides is 1. The number of carbonyl (C=O) groups excluding carboxylic acids is 1. The number of anilines is 1. The molecule has 2 heterocycles. The van der Waals surface area contributed by atoms with Crippen LogP contribution in [0.5, 0.6) is 5.75 Å². The van der Waals surface area contributed by atoms with Gasteiger partial charge in [0.25, 0.3) is 0 Å². The zero-order chi connectivity index (χ0) is 18.0. The van der Waals surface area contributed by atoms with Crippen LogP contribution in [-0.2, 0) is 4.79 Å². The zero-order valence-corrected chi connectivity index (χ0v) is 16.3. The topological polar surface area (TPSA) is 54.5 Å². The van der Waals surface area contributed by atoms with Crippen LogP contribution in [0.15, 0.2) is 18.2 Å². The third-order valence-electron chi connectivity index (χ3n) is 4.42. The summed E-state index contributed by atoms with van der Waals surface area (Å²) >= 11 is 1.66. The van der Waals surface area contributed by atoms with Crippen LogP contribution in [0.4, 0.5) is 5.13 Å². The molecule has 1 aromatic heterocycles. The summed E-state index contributed by atoms with van der Waals surface area (Å²) in [5, 5.41) is 4.50. The quantitative estimate of drug-likeness (QED) is 0.889. The predicted octanol–water partition coefficient (Wildman–Crippen LogP) is 4.14. The number of nitrogens with one attached hydrogen (secondary N) is 1. The molecule has 0 bridgehead atoms. The number of ether oxygens (including phenoxy) is 1. The van der Waals surface area contributed by atoms with Crippen molar-refractivity contribution in [3.8, 4) is 5.75 Å². The first-order chi connectivity index (χ1) is 11.9. The standard InChI is InChI=1S/C19H27N3O2S/c1-5-24-14-6-7-15-16(12-14)25-18(21-15)20-13-8-10-22(11-9-13)17(23)19(2,3)4/h6-7,12-13H,5,8-11H2,1-4H3,(H,20,21). The van der Waals surface area contributed by atoms with E-state index >= 15 is 0 Å². The Kier molecular flexibility index (Phi) is 5.18. The van der Waals surface area contributed by atoms with Crippen LogP contribution in [-0.4, -0.2) is 41.5 Å². The molecule has 25 heavy (non-hydrogen) atoms. The Morgan fingerprint density at radius 3 is 2.72 bits per heavy atom. The number of rotatable bonds is 4. The lowest BCUT2D eigenvalue weighted by Crippen LogP contribution is -2.46. The van der Waals surface area contributed by atoms with E-state index in [1.165, 1.54) is 0 Å². The fraction of sp³-hybridized carbons (Fsp3) is 0.579. The van der Waals surface area contributed by atoms with Gasteiger partial charge in [0.2, 0.25) is 5.91 Å². The highest BCUT2D eigenvalue weighted by Crippen LogP contribution is 2.31. The average molecular weight is 362 g/mol. The second-order valence-electron chi connectivity index (χ2n) is 7.54. The van der Waals surface area contributed by atoms with Gasteiger partial charge in [0.05, 0.1) is 16.8 Å². The number of nitrogens with zero attached hydrogens (tertiary/aromatic N) is 2. The molecule has 1 N–H and O–H groups in total. The van der Waals surface area contributed by atoms with Crippen molar-refractivity contribution in [2.45, 2.75) is 46.6 Å². The predicted molar refractivity (Wildman–Crippen MR) is 103 cm³/mol. The van der Waals surface area contributed by atoms with Crippen LogP contribution in [0.3, 0.4) is 0 Å². The second kappa shape index (κ2) is 7.20. The van der Waals surface area contributed by atoms with E-state index in [0.717, 1.165) is 47.0 Å². The maximum Gasteiger partial charge on any atom is 0.227 e. The van der Waals surface area contributed by atoms with Gasteiger partial charge in [-0.25, -0.2) is 4.98 Å². The molecule has 5 nitrogen and oxygen atoms in total. The van der Waals surface area contributed by atoms with Crippen LogP contribution < -0.4 is 10.1 Å². The van der Waals surface area contributed by atoms with Gasteiger partial charge in [-0.2, -0.15) is 0 Å². The number of hydrogen-bond acceptors (Lipinski definition) is 5. The molecule has 2 aromatic rings. The van der Waals surface area contributed by atoms with Crippen LogP contribution in [0.2, 0.25) is 0 Å². The second-order valence-corrected chi connectivity index (χ2v) is 8.57. The Labute approximate surface area is 153 Å². The molecule has 3 rings (SSSR count). The fourth-order valence-electron chi connectivity index (χ4n) is 3.10. The van der Waals surface area contributed by atoms with Gasteiger partial charge in [0, 0.05) is 24.5 Å². The van der Waals surface area contributed by atoms with Crippen molar-refractivity contribution in [1.82, 2.24) is 9.88 Å². The molecule has 0 spiro atoms. The zero-order valence-electron chi connectivity index (χ0n) is 15.5. The Bertz CT molecular complexity index is 743. The van der Waals surface area contributed by atoms with Crippen molar-refractivity contribution >= 4 is 32.6 Å². The summed E-state index contributed by atoms with van der Waals surface area (Å²) in [6, 6.07) is 6.39. The molecule has 1 aliphatic heterocycles. The van der Waals surface area contributed by atoms with Crippen molar-refractivity contribution in [2.75, 3.05) is 25.0 Å². The minimum atomic E-state index is -0.300. The molecule has 0 aliphatic carbocycles. The SMILES string of the molecule is CCOc1ccc2nc(NC3CCN(C(=O)C(C)(C)C)CC3)sc2c1. The average Bonchev–Trinajstić information content (AvgIpc) is 2.96. The minimum Gasteiger partial charge on any atom is -0.494 e. The van der Waals surface area contributed by atoms with Gasteiger partial charge in [-0.1, -0.05) is 32.1 Å². The van der Waals surface area contributed by atoms with Crippen molar-refractivity contribution < 1.29 is 9.53 Å². The normalized spacial score (nSPS) is 16.2. The van der Waals surface area contributed by atoms with E-state index in [4.69, 9.17) is 4.74 Å². The van der Waals surface area contributed by atoms with E-state index in [2.05, 4.69) is 10.3 Å². The first-order valence-electron chi connectivity index (χ1n) is 8.96. The lowest BCUT2D eigenvalue weighted by molar-refractivity contribution is -0.140. The van der Waals surface area contributed by atoms with Gasteiger partial charge in [0.1, 0.15) is 5.75 Å². The smallest absolute Gasteiger partial charge is 0.227 e. The molecule has 136 valence electrons. The van der Waals surface area contributed by atoms with E-state index in [1.54, 1.807) is 11.3 Å². The molecule has 1 aromatic carbocycles. The number of piperidine rings is 1. The van der Waals surface area contributed by atoms with Crippen molar-refractivity contribution in [3.05, 3.63) is 18.2 Å². The number of carbonyl (C=O) groups is 1. The lowest BCUT2D eigenvalue weighted by Gasteiger charge is -2.35. The van der Waals surface area contributed by atoms with E-state index < -0.39 is 0 Å². The summed E-state index contributed by atoms with van der Waals surface area (Å²) in [7, 11) is 0. The van der Waals surface area contributed by atoms with E-state index in [1.807, 2.05) is 50.8 Å². The number of likely N-dealkylation sites (tertiary alicyclic amines) is 1.